The molecule has 0 bridgehead atoms. The monoisotopic (exact) mass is 363 g/mol. The molecule has 0 radical (unpaired) electrons. The highest BCUT2D eigenvalue weighted by molar-refractivity contribution is 6.74. The first kappa shape index (κ1) is 20.6. The fourth-order valence-corrected chi connectivity index (χ4v) is 4.98. The van der Waals surface area contributed by atoms with Gasteiger partial charge in [-0.15, -0.1) is 0 Å². The van der Waals surface area contributed by atoms with Crippen LogP contribution < -0.4 is 0 Å². The first-order valence-electron chi connectivity index (χ1n) is 9.63. The standard InChI is InChI=1S/C21H37NO2Si/c1-10-16-15(13-23)14(2)19-17(22-16)11-21(6,7)12-18(19)24-25(8,9)20(3,4)5/h18,23H,10-13H2,1-9H3. The fraction of sp³-hybridized carbons (Fsp3) is 0.762. The molecule has 3 nitrogen and oxygen atoms in total. The second kappa shape index (κ2) is 6.79. The highest BCUT2D eigenvalue weighted by Crippen LogP contribution is 2.48. The van der Waals surface area contributed by atoms with E-state index in [0.717, 1.165) is 30.5 Å². The molecule has 0 aromatic carbocycles. The zero-order valence-corrected chi connectivity index (χ0v) is 18.7. The van der Waals surface area contributed by atoms with Gasteiger partial charge in [-0.05, 0) is 55.3 Å². The number of aliphatic hydroxyl groups excluding tert-OH is 1. The van der Waals surface area contributed by atoms with E-state index in [4.69, 9.17) is 9.41 Å². The largest absolute Gasteiger partial charge is 0.410 e. The highest BCUT2D eigenvalue weighted by atomic mass is 28.4. The second-order valence-electron chi connectivity index (χ2n) is 9.95. The Balaban J connectivity index is 2.58. The normalized spacial score (nSPS) is 20.5. The molecule has 1 unspecified atom stereocenters. The predicted molar refractivity (Wildman–Crippen MR) is 107 cm³/mol. The number of aliphatic hydroxyl groups is 1. The smallest absolute Gasteiger partial charge is 0.192 e. The molecule has 2 rings (SSSR count). The van der Waals surface area contributed by atoms with Crippen LogP contribution in [0.25, 0.3) is 0 Å². The molecular formula is C21H37NO2Si. The van der Waals surface area contributed by atoms with Crippen LogP contribution in [0.15, 0.2) is 0 Å². The minimum atomic E-state index is -1.89. The van der Waals surface area contributed by atoms with Gasteiger partial charge in [0.2, 0.25) is 0 Å². The lowest BCUT2D eigenvalue weighted by Crippen LogP contribution is -2.44. The van der Waals surface area contributed by atoms with Crippen LogP contribution in [0, 0.1) is 12.3 Å². The molecule has 4 heteroatoms. The van der Waals surface area contributed by atoms with Crippen molar-refractivity contribution in [3.8, 4) is 0 Å². The van der Waals surface area contributed by atoms with Gasteiger partial charge < -0.3 is 9.53 Å². The summed E-state index contributed by atoms with van der Waals surface area (Å²) in [5.74, 6) is 0. The number of rotatable bonds is 4. The van der Waals surface area contributed by atoms with Crippen LogP contribution in [0.1, 0.15) is 82.1 Å². The predicted octanol–water partition coefficient (Wildman–Crippen LogP) is 5.48. The number of hydrogen-bond acceptors (Lipinski definition) is 3. The SMILES string of the molecule is CCc1nc2c(c(C)c1CO)C(O[Si](C)(C)C(C)(C)C)CC(C)(C)C2. The summed E-state index contributed by atoms with van der Waals surface area (Å²) in [6.45, 7) is 20.5. The van der Waals surface area contributed by atoms with E-state index in [1.807, 2.05) is 0 Å². The summed E-state index contributed by atoms with van der Waals surface area (Å²) in [5.41, 5.74) is 5.87. The lowest BCUT2D eigenvalue weighted by molar-refractivity contribution is 0.105. The lowest BCUT2D eigenvalue weighted by atomic mass is 9.73. The van der Waals surface area contributed by atoms with Crippen LogP contribution >= 0.6 is 0 Å². The molecule has 0 fully saturated rings. The van der Waals surface area contributed by atoms with Crippen molar-refractivity contribution in [3.63, 3.8) is 0 Å². The molecule has 1 aliphatic rings. The Bertz CT molecular complexity index is 644. The summed E-state index contributed by atoms with van der Waals surface area (Å²) in [4.78, 5) is 4.98. The van der Waals surface area contributed by atoms with E-state index in [9.17, 15) is 5.11 Å². The molecule has 0 spiro atoms. The number of hydrogen-bond donors (Lipinski definition) is 1. The molecule has 0 saturated carbocycles. The van der Waals surface area contributed by atoms with Crippen LogP contribution in [0.4, 0.5) is 0 Å². The summed E-state index contributed by atoms with van der Waals surface area (Å²) in [5, 5.41) is 10.1. The second-order valence-corrected chi connectivity index (χ2v) is 14.7. The molecule has 1 heterocycles. The number of pyridine rings is 1. The van der Waals surface area contributed by atoms with Gasteiger partial charge in [0.1, 0.15) is 0 Å². The van der Waals surface area contributed by atoms with E-state index in [2.05, 4.69) is 61.6 Å². The van der Waals surface area contributed by atoms with Crippen LogP contribution in [-0.4, -0.2) is 18.4 Å². The molecule has 0 saturated heterocycles. The molecular weight excluding hydrogens is 326 g/mol. The highest BCUT2D eigenvalue weighted by Gasteiger charge is 2.43. The number of nitrogens with zero attached hydrogens (tertiary/aromatic N) is 1. The van der Waals surface area contributed by atoms with Crippen molar-refractivity contribution in [2.24, 2.45) is 5.41 Å². The lowest BCUT2D eigenvalue weighted by Gasteiger charge is -2.44. The third-order valence-electron chi connectivity index (χ3n) is 6.23. The van der Waals surface area contributed by atoms with Crippen molar-refractivity contribution in [2.75, 3.05) is 0 Å². The maximum absolute atomic E-state index is 9.91. The molecule has 0 amide bonds. The Morgan fingerprint density at radius 2 is 1.88 bits per heavy atom. The minimum Gasteiger partial charge on any atom is -0.410 e. The van der Waals surface area contributed by atoms with Crippen LogP contribution in [0.3, 0.4) is 0 Å². The third kappa shape index (κ3) is 4.01. The molecule has 1 aromatic heterocycles. The summed E-state index contributed by atoms with van der Waals surface area (Å²) in [7, 11) is -1.89. The van der Waals surface area contributed by atoms with E-state index >= 15 is 0 Å². The fourth-order valence-electron chi connectivity index (χ4n) is 3.71. The van der Waals surface area contributed by atoms with E-state index in [-0.39, 0.29) is 23.2 Å². The minimum absolute atomic E-state index is 0.0610. The van der Waals surface area contributed by atoms with E-state index in [1.165, 1.54) is 16.8 Å². The van der Waals surface area contributed by atoms with Gasteiger partial charge in [0, 0.05) is 22.5 Å². The number of aryl methyl sites for hydroxylation is 1. The van der Waals surface area contributed by atoms with Gasteiger partial charge in [-0.25, -0.2) is 0 Å². The first-order valence-corrected chi connectivity index (χ1v) is 12.5. The Hall–Kier alpha value is -0.713. The Morgan fingerprint density at radius 3 is 2.36 bits per heavy atom. The third-order valence-corrected chi connectivity index (χ3v) is 10.7. The van der Waals surface area contributed by atoms with Crippen molar-refractivity contribution in [1.82, 2.24) is 4.98 Å². The number of aromatic nitrogens is 1. The summed E-state index contributed by atoms with van der Waals surface area (Å²) >= 11 is 0. The first-order chi connectivity index (χ1) is 11.3. The van der Waals surface area contributed by atoms with E-state index < -0.39 is 8.32 Å². The molecule has 25 heavy (non-hydrogen) atoms. The van der Waals surface area contributed by atoms with Gasteiger partial charge in [0.25, 0.3) is 0 Å². The average molecular weight is 364 g/mol. The molecule has 1 N–H and O–H groups in total. The van der Waals surface area contributed by atoms with E-state index in [0.29, 0.717) is 0 Å². The zero-order chi connectivity index (χ0) is 19.2. The zero-order valence-electron chi connectivity index (χ0n) is 17.7. The van der Waals surface area contributed by atoms with Gasteiger partial charge in [0.05, 0.1) is 12.7 Å². The van der Waals surface area contributed by atoms with Crippen molar-refractivity contribution >= 4 is 8.32 Å². The maximum atomic E-state index is 9.91. The maximum Gasteiger partial charge on any atom is 0.192 e. The van der Waals surface area contributed by atoms with Gasteiger partial charge in [-0.3, -0.25) is 4.98 Å². The summed E-state index contributed by atoms with van der Waals surface area (Å²) in [6.07, 6.45) is 2.95. The molecule has 1 aromatic rings. The van der Waals surface area contributed by atoms with Gasteiger partial charge in [-0.1, -0.05) is 41.5 Å². The molecule has 1 atom stereocenters. The van der Waals surface area contributed by atoms with Crippen LogP contribution in [0.5, 0.6) is 0 Å². The van der Waals surface area contributed by atoms with Crippen LogP contribution in [-0.2, 0) is 23.9 Å². The molecule has 0 aliphatic heterocycles. The van der Waals surface area contributed by atoms with Crippen molar-refractivity contribution in [2.45, 2.75) is 98.6 Å². The number of fused-ring (bicyclic) bond motifs is 1. The van der Waals surface area contributed by atoms with Crippen molar-refractivity contribution in [3.05, 3.63) is 28.1 Å². The van der Waals surface area contributed by atoms with Gasteiger partial charge in [-0.2, -0.15) is 0 Å². The van der Waals surface area contributed by atoms with Gasteiger partial charge in [0.15, 0.2) is 8.32 Å². The summed E-state index contributed by atoms with van der Waals surface area (Å²) < 4.78 is 6.88. The summed E-state index contributed by atoms with van der Waals surface area (Å²) in [6, 6.07) is 0. The quantitative estimate of drug-likeness (QED) is 0.720. The van der Waals surface area contributed by atoms with Crippen molar-refractivity contribution < 1.29 is 9.53 Å². The van der Waals surface area contributed by atoms with E-state index in [1.54, 1.807) is 0 Å². The van der Waals surface area contributed by atoms with Gasteiger partial charge >= 0.3 is 0 Å². The molecule has 1 aliphatic carbocycles. The topological polar surface area (TPSA) is 42.4 Å². The van der Waals surface area contributed by atoms with Crippen LogP contribution in [0.2, 0.25) is 18.1 Å². The Kier molecular flexibility index (Phi) is 5.59. The Morgan fingerprint density at radius 1 is 1.28 bits per heavy atom. The van der Waals surface area contributed by atoms with Crippen molar-refractivity contribution in [1.29, 1.82) is 0 Å². The Labute approximate surface area is 155 Å². The molecule has 142 valence electrons. The average Bonchev–Trinajstić information content (AvgIpc) is 2.43.